The van der Waals surface area contributed by atoms with Crippen LogP contribution in [0.1, 0.15) is 55.1 Å². The molecule has 4 rings (SSSR count). The lowest BCUT2D eigenvalue weighted by Gasteiger charge is -2.13. The number of anilines is 1. The fourth-order valence-corrected chi connectivity index (χ4v) is 5.15. The van der Waals surface area contributed by atoms with Crippen LogP contribution in [0.4, 0.5) is 5.00 Å². The molecule has 0 unspecified atom stereocenters. The maximum atomic E-state index is 13.3. The normalized spacial score (nSPS) is 12.7. The lowest BCUT2D eigenvalue weighted by molar-refractivity contribution is -0.119. The van der Waals surface area contributed by atoms with Gasteiger partial charge in [0.05, 0.1) is 11.1 Å². The number of halogens is 1. The zero-order valence-corrected chi connectivity index (χ0v) is 19.0. The van der Waals surface area contributed by atoms with Crippen LogP contribution in [-0.2, 0) is 22.4 Å². The number of fused-ring (bicyclic) bond motifs is 1. The summed E-state index contributed by atoms with van der Waals surface area (Å²) in [5.74, 6) is -1.37. The number of esters is 1. The molecule has 8 heteroatoms. The van der Waals surface area contributed by atoms with Crippen molar-refractivity contribution in [1.82, 2.24) is 4.98 Å². The lowest BCUT2D eigenvalue weighted by atomic mass is 9.91. The third kappa shape index (κ3) is 4.74. The van der Waals surface area contributed by atoms with E-state index in [9.17, 15) is 14.4 Å². The molecule has 0 aliphatic heterocycles. The summed E-state index contributed by atoms with van der Waals surface area (Å²) in [6.45, 7) is 1.47. The minimum atomic E-state index is -0.736. The third-order valence-corrected chi connectivity index (χ3v) is 6.79. The predicted molar refractivity (Wildman–Crippen MR) is 124 cm³/mol. The van der Waals surface area contributed by atoms with E-state index in [-0.39, 0.29) is 16.5 Å². The first-order chi connectivity index (χ1) is 15.4. The van der Waals surface area contributed by atoms with Crippen molar-refractivity contribution in [3.63, 3.8) is 0 Å². The number of benzene rings is 1. The molecule has 0 saturated heterocycles. The molecule has 0 bridgehead atoms. The summed E-state index contributed by atoms with van der Waals surface area (Å²) in [5.41, 5.74) is 3.29. The Morgan fingerprint density at radius 1 is 1.12 bits per heavy atom. The van der Waals surface area contributed by atoms with Crippen molar-refractivity contribution in [2.45, 2.75) is 32.6 Å². The Balaban J connectivity index is 1.53. The molecular weight excluding hydrogens is 448 g/mol. The third-order valence-electron chi connectivity index (χ3n) is 5.28. The molecule has 2 aromatic heterocycles. The standard InChI is InChI=1S/C24H21ClN2O4S/c1-14-8-10-15(11-9-14)21(29)20-16-5-2-3-7-18(16)32-23(20)27-19(28)13-31-24(30)17-6-4-12-26-22(17)25/h4,6,8-12H,2-3,5,7,13H2,1H3,(H,27,28). The number of amides is 1. The number of nitrogens with one attached hydrogen (secondary N) is 1. The van der Waals surface area contributed by atoms with Gasteiger partial charge in [-0.2, -0.15) is 0 Å². The number of carbonyl (C=O) groups excluding carboxylic acids is 3. The van der Waals surface area contributed by atoms with Gasteiger partial charge in [-0.1, -0.05) is 41.4 Å². The number of carbonyl (C=O) groups is 3. The number of nitrogens with zero attached hydrogens (tertiary/aromatic N) is 1. The average molecular weight is 469 g/mol. The van der Waals surface area contributed by atoms with E-state index in [0.717, 1.165) is 41.7 Å². The number of hydrogen-bond donors (Lipinski definition) is 1. The monoisotopic (exact) mass is 468 g/mol. The highest BCUT2D eigenvalue weighted by molar-refractivity contribution is 7.17. The Hall–Kier alpha value is -3.03. The van der Waals surface area contributed by atoms with Crippen molar-refractivity contribution in [3.8, 4) is 0 Å². The average Bonchev–Trinajstić information content (AvgIpc) is 3.15. The molecule has 0 saturated carbocycles. The van der Waals surface area contributed by atoms with Crippen LogP contribution in [0.5, 0.6) is 0 Å². The van der Waals surface area contributed by atoms with E-state index >= 15 is 0 Å². The van der Waals surface area contributed by atoms with Gasteiger partial charge >= 0.3 is 5.97 Å². The van der Waals surface area contributed by atoms with Gasteiger partial charge in [0.2, 0.25) is 0 Å². The van der Waals surface area contributed by atoms with E-state index in [1.165, 1.54) is 23.6 Å². The Bertz CT molecular complexity index is 1190. The van der Waals surface area contributed by atoms with Crippen molar-refractivity contribution in [1.29, 1.82) is 0 Å². The van der Waals surface area contributed by atoms with Gasteiger partial charge in [0.25, 0.3) is 5.91 Å². The maximum Gasteiger partial charge on any atom is 0.341 e. The number of pyridine rings is 1. The Morgan fingerprint density at radius 2 is 1.88 bits per heavy atom. The van der Waals surface area contributed by atoms with Gasteiger partial charge < -0.3 is 10.1 Å². The second kappa shape index (κ2) is 9.63. The molecule has 0 atom stereocenters. The van der Waals surface area contributed by atoms with Crippen molar-refractivity contribution in [2.75, 3.05) is 11.9 Å². The molecular formula is C24H21ClN2O4S. The van der Waals surface area contributed by atoms with Crippen LogP contribution in [0.2, 0.25) is 5.15 Å². The molecule has 164 valence electrons. The van der Waals surface area contributed by atoms with Crippen LogP contribution >= 0.6 is 22.9 Å². The highest BCUT2D eigenvalue weighted by Gasteiger charge is 2.27. The number of rotatable bonds is 6. The van der Waals surface area contributed by atoms with Gasteiger partial charge in [0.15, 0.2) is 12.4 Å². The van der Waals surface area contributed by atoms with E-state index in [2.05, 4.69) is 10.3 Å². The molecule has 1 N–H and O–H groups in total. The number of aryl methyl sites for hydroxylation is 2. The lowest BCUT2D eigenvalue weighted by Crippen LogP contribution is -2.22. The summed E-state index contributed by atoms with van der Waals surface area (Å²) in [6, 6.07) is 10.4. The molecule has 1 amide bonds. The maximum absolute atomic E-state index is 13.3. The fraction of sp³-hybridized carbons (Fsp3) is 0.250. The summed E-state index contributed by atoms with van der Waals surface area (Å²) in [7, 11) is 0. The highest BCUT2D eigenvalue weighted by Crippen LogP contribution is 2.39. The summed E-state index contributed by atoms with van der Waals surface area (Å²) < 4.78 is 5.09. The topological polar surface area (TPSA) is 85.4 Å². The second-order valence-corrected chi connectivity index (χ2v) is 9.04. The molecule has 0 radical (unpaired) electrons. The van der Waals surface area contributed by atoms with Crippen molar-refractivity contribution >= 4 is 45.6 Å². The second-order valence-electron chi connectivity index (χ2n) is 7.58. The van der Waals surface area contributed by atoms with Crippen LogP contribution in [-0.4, -0.2) is 29.3 Å². The molecule has 32 heavy (non-hydrogen) atoms. The first-order valence-corrected chi connectivity index (χ1v) is 11.5. The molecule has 0 spiro atoms. The number of hydrogen-bond acceptors (Lipinski definition) is 6. The molecule has 0 fully saturated rings. The fourth-order valence-electron chi connectivity index (χ4n) is 3.65. The van der Waals surface area contributed by atoms with Crippen LogP contribution in [0.15, 0.2) is 42.6 Å². The number of thiophene rings is 1. The minimum Gasteiger partial charge on any atom is -0.452 e. The summed E-state index contributed by atoms with van der Waals surface area (Å²) in [4.78, 5) is 43.0. The summed E-state index contributed by atoms with van der Waals surface area (Å²) in [6.07, 6.45) is 5.22. The zero-order chi connectivity index (χ0) is 22.7. The summed E-state index contributed by atoms with van der Waals surface area (Å²) in [5, 5.41) is 3.30. The summed E-state index contributed by atoms with van der Waals surface area (Å²) >= 11 is 7.32. The van der Waals surface area contributed by atoms with Gasteiger partial charge in [-0.15, -0.1) is 11.3 Å². The largest absolute Gasteiger partial charge is 0.452 e. The molecule has 1 aromatic carbocycles. The van der Waals surface area contributed by atoms with Crippen LogP contribution in [0.3, 0.4) is 0 Å². The first-order valence-electron chi connectivity index (χ1n) is 10.3. The van der Waals surface area contributed by atoms with E-state index < -0.39 is 18.5 Å². The number of ether oxygens (including phenoxy) is 1. The van der Waals surface area contributed by atoms with Crippen LogP contribution in [0, 0.1) is 6.92 Å². The van der Waals surface area contributed by atoms with Crippen molar-refractivity contribution < 1.29 is 19.1 Å². The van der Waals surface area contributed by atoms with Gasteiger partial charge in [-0.25, -0.2) is 9.78 Å². The quantitative estimate of drug-likeness (QED) is 0.312. The van der Waals surface area contributed by atoms with Crippen LogP contribution in [0.25, 0.3) is 0 Å². The zero-order valence-electron chi connectivity index (χ0n) is 17.4. The van der Waals surface area contributed by atoms with E-state index in [1.807, 2.05) is 19.1 Å². The number of aromatic nitrogens is 1. The minimum absolute atomic E-state index is 0.00909. The Labute approximate surface area is 194 Å². The van der Waals surface area contributed by atoms with Gasteiger partial charge in [0, 0.05) is 16.6 Å². The van der Waals surface area contributed by atoms with E-state index in [1.54, 1.807) is 18.2 Å². The van der Waals surface area contributed by atoms with Crippen molar-refractivity contribution in [3.05, 3.63) is 80.4 Å². The molecule has 1 aliphatic carbocycles. The van der Waals surface area contributed by atoms with Gasteiger partial charge in [0.1, 0.15) is 10.2 Å². The molecule has 6 nitrogen and oxygen atoms in total. The smallest absolute Gasteiger partial charge is 0.341 e. The molecule has 1 aliphatic rings. The first kappa shape index (κ1) is 22.2. The SMILES string of the molecule is Cc1ccc(C(=O)c2c(NC(=O)COC(=O)c3cccnc3Cl)sc3c2CCCC3)cc1. The molecule has 3 aromatic rings. The van der Waals surface area contributed by atoms with Crippen LogP contribution < -0.4 is 5.32 Å². The Kier molecular flexibility index (Phi) is 6.67. The van der Waals surface area contributed by atoms with E-state index in [0.29, 0.717) is 16.1 Å². The molecule has 2 heterocycles. The van der Waals surface area contributed by atoms with Gasteiger partial charge in [-0.3, -0.25) is 9.59 Å². The predicted octanol–water partition coefficient (Wildman–Crippen LogP) is 5.01. The van der Waals surface area contributed by atoms with E-state index in [4.69, 9.17) is 16.3 Å². The Morgan fingerprint density at radius 3 is 2.62 bits per heavy atom. The highest BCUT2D eigenvalue weighted by atomic mass is 35.5. The van der Waals surface area contributed by atoms with Crippen molar-refractivity contribution in [2.24, 2.45) is 0 Å². The van der Waals surface area contributed by atoms with Gasteiger partial charge in [-0.05, 0) is 50.3 Å². The number of ketones is 1.